The van der Waals surface area contributed by atoms with Crippen molar-refractivity contribution in [3.05, 3.63) is 61.8 Å². The molecule has 0 atom stereocenters. The van der Waals surface area contributed by atoms with Crippen LogP contribution in [0, 0.1) is 11.6 Å². The molecule has 2 aromatic rings. The largest absolute Gasteiger partial charge is 0.494 e. The van der Waals surface area contributed by atoms with Gasteiger partial charge in [-0.1, -0.05) is 6.92 Å². The smallest absolute Gasteiger partial charge is 0.331 e. The van der Waals surface area contributed by atoms with Crippen LogP contribution < -0.4 is 11.2 Å². The molecule has 0 aliphatic heterocycles. The number of rotatable bonds is 4. The second kappa shape index (κ2) is 5.90. The Morgan fingerprint density at radius 3 is 2.38 bits per heavy atom. The number of aromatic amines is 1. The van der Waals surface area contributed by atoms with Crippen LogP contribution >= 0.6 is 0 Å². The van der Waals surface area contributed by atoms with Crippen LogP contribution in [-0.2, 0) is 19.4 Å². The number of H-pyrrole nitrogens is 1. The number of aromatic hydroxyl groups is 1. The minimum absolute atomic E-state index is 0.00264. The molecule has 0 spiro atoms. The molecule has 21 heavy (non-hydrogen) atoms. The summed E-state index contributed by atoms with van der Waals surface area (Å²) in [5.41, 5.74) is -0.942. The van der Waals surface area contributed by atoms with Crippen LogP contribution in [0.1, 0.15) is 18.1 Å². The summed E-state index contributed by atoms with van der Waals surface area (Å²) in [5.74, 6) is -1.84. The summed E-state index contributed by atoms with van der Waals surface area (Å²) >= 11 is 0. The van der Waals surface area contributed by atoms with E-state index in [2.05, 4.69) is 4.98 Å². The van der Waals surface area contributed by atoms with Crippen LogP contribution in [0.25, 0.3) is 0 Å². The van der Waals surface area contributed by atoms with Gasteiger partial charge in [0.25, 0.3) is 5.56 Å². The van der Waals surface area contributed by atoms with Gasteiger partial charge in [0.15, 0.2) is 0 Å². The Labute approximate surface area is 118 Å². The first-order valence-electron chi connectivity index (χ1n) is 6.42. The molecule has 0 unspecified atom stereocenters. The molecule has 1 heterocycles. The fraction of sp³-hybridized carbons (Fsp3) is 0.286. The molecule has 2 rings (SSSR count). The summed E-state index contributed by atoms with van der Waals surface area (Å²) in [4.78, 5) is 25.3. The van der Waals surface area contributed by atoms with E-state index in [1.54, 1.807) is 6.92 Å². The van der Waals surface area contributed by atoms with Crippen LogP contribution in [-0.4, -0.2) is 14.7 Å². The topological polar surface area (TPSA) is 75.1 Å². The number of nitrogens with one attached hydrogen (secondary N) is 1. The molecule has 0 saturated heterocycles. The summed E-state index contributed by atoms with van der Waals surface area (Å²) in [6, 6.07) is 3.05. The van der Waals surface area contributed by atoms with Crippen molar-refractivity contribution in [2.24, 2.45) is 0 Å². The first kappa shape index (κ1) is 15.0. The highest BCUT2D eigenvalue weighted by atomic mass is 19.1. The van der Waals surface area contributed by atoms with Crippen molar-refractivity contribution in [3.63, 3.8) is 0 Å². The van der Waals surface area contributed by atoms with E-state index < -0.39 is 28.8 Å². The van der Waals surface area contributed by atoms with Gasteiger partial charge in [0.05, 0.1) is 5.56 Å². The number of hydrogen-bond acceptors (Lipinski definition) is 3. The van der Waals surface area contributed by atoms with E-state index in [1.165, 1.54) is 0 Å². The van der Waals surface area contributed by atoms with Gasteiger partial charge in [-0.05, 0) is 30.5 Å². The number of halogens is 2. The lowest BCUT2D eigenvalue weighted by Gasteiger charge is -2.10. The van der Waals surface area contributed by atoms with Gasteiger partial charge in [-0.2, -0.15) is 0 Å². The maximum absolute atomic E-state index is 13.1. The summed E-state index contributed by atoms with van der Waals surface area (Å²) in [5, 5.41) is 9.93. The van der Waals surface area contributed by atoms with Gasteiger partial charge in [-0.3, -0.25) is 14.3 Å². The third kappa shape index (κ3) is 3.18. The standard InChI is InChI=1S/C14H14F2N2O3/c1-2-11-12(19)17-14(21)18(13(11)20)4-3-8-5-9(15)7-10(16)6-8/h5-7,20H,2-4H2,1H3,(H,17,19,21). The van der Waals surface area contributed by atoms with E-state index in [1.807, 2.05) is 0 Å². The van der Waals surface area contributed by atoms with Crippen LogP contribution in [0.4, 0.5) is 8.78 Å². The van der Waals surface area contributed by atoms with Crippen LogP contribution in [0.3, 0.4) is 0 Å². The first-order chi connectivity index (χ1) is 9.92. The highest BCUT2D eigenvalue weighted by Gasteiger charge is 2.12. The zero-order valence-electron chi connectivity index (χ0n) is 11.3. The molecule has 1 aromatic heterocycles. The zero-order valence-corrected chi connectivity index (χ0v) is 11.3. The van der Waals surface area contributed by atoms with Crippen LogP contribution in [0.15, 0.2) is 27.8 Å². The maximum Gasteiger partial charge on any atom is 0.331 e. The Morgan fingerprint density at radius 1 is 1.19 bits per heavy atom. The van der Waals surface area contributed by atoms with Crippen molar-refractivity contribution < 1.29 is 13.9 Å². The monoisotopic (exact) mass is 296 g/mol. The van der Waals surface area contributed by atoms with Crippen LogP contribution in [0.2, 0.25) is 0 Å². The Morgan fingerprint density at radius 2 is 1.81 bits per heavy atom. The van der Waals surface area contributed by atoms with Gasteiger partial charge in [-0.15, -0.1) is 0 Å². The zero-order chi connectivity index (χ0) is 15.6. The third-order valence-electron chi connectivity index (χ3n) is 3.17. The highest BCUT2D eigenvalue weighted by molar-refractivity contribution is 5.23. The van der Waals surface area contributed by atoms with Crippen molar-refractivity contribution >= 4 is 0 Å². The second-order valence-corrected chi connectivity index (χ2v) is 4.59. The lowest BCUT2D eigenvalue weighted by atomic mass is 10.1. The number of hydrogen-bond donors (Lipinski definition) is 2. The molecule has 7 heteroatoms. The number of nitrogens with zero attached hydrogens (tertiary/aromatic N) is 1. The molecule has 0 saturated carbocycles. The summed E-state index contributed by atoms with van der Waals surface area (Å²) < 4.78 is 27.1. The Bertz CT molecular complexity index is 761. The number of aryl methyl sites for hydroxylation is 1. The predicted molar refractivity (Wildman–Crippen MR) is 72.4 cm³/mol. The number of aromatic nitrogens is 2. The molecule has 2 N–H and O–H groups in total. The number of benzene rings is 1. The fourth-order valence-corrected chi connectivity index (χ4v) is 2.12. The average molecular weight is 296 g/mol. The molecule has 0 aliphatic rings. The third-order valence-corrected chi connectivity index (χ3v) is 3.17. The van der Waals surface area contributed by atoms with Gasteiger partial charge in [0.1, 0.15) is 11.6 Å². The van der Waals surface area contributed by atoms with Gasteiger partial charge in [0.2, 0.25) is 5.88 Å². The van der Waals surface area contributed by atoms with Crippen molar-refractivity contribution in [2.45, 2.75) is 26.3 Å². The molecule has 0 fully saturated rings. The predicted octanol–water partition coefficient (Wildman–Crippen LogP) is 1.33. The van der Waals surface area contributed by atoms with E-state index in [4.69, 9.17) is 0 Å². The Hall–Kier alpha value is -2.44. The van der Waals surface area contributed by atoms with Crippen LogP contribution in [0.5, 0.6) is 5.88 Å². The molecule has 1 aromatic carbocycles. The van der Waals surface area contributed by atoms with Gasteiger partial charge in [0, 0.05) is 12.6 Å². The van der Waals surface area contributed by atoms with Crippen molar-refractivity contribution in [1.82, 2.24) is 9.55 Å². The molecule has 0 aliphatic carbocycles. The van der Waals surface area contributed by atoms with E-state index in [0.717, 1.165) is 22.8 Å². The van der Waals surface area contributed by atoms with Crippen molar-refractivity contribution in [1.29, 1.82) is 0 Å². The molecule has 5 nitrogen and oxygen atoms in total. The molecule has 0 radical (unpaired) electrons. The Kier molecular flexibility index (Phi) is 4.21. The van der Waals surface area contributed by atoms with Crippen molar-refractivity contribution in [2.75, 3.05) is 0 Å². The van der Waals surface area contributed by atoms with Gasteiger partial charge < -0.3 is 5.11 Å². The lowest BCUT2D eigenvalue weighted by molar-refractivity contribution is 0.393. The minimum Gasteiger partial charge on any atom is -0.494 e. The van der Waals surface area contributed by atoms with Gasteiger partial charge >= 0.3 is 5.69 Å². The molecular formula is C14H14F2N2O3. The van der Waals surface area contributed by atoms with E-state index in [0.29, 0.717) is 5.56 Å². The second-order valence-electron chi connectivity index (χ2n) is 4.59. The molecule has 112 valence electrons. The fourth-order valence-electron chi connectivity index (χ4n) is 2.12. The quantitative estimate of drug-likeness (QED) is 0.893. The Balaban J connectivity index is 2.32. The van der Waals surface area contributed by atoms with Gasteiger partial charge in [-0.25, -0.2) is 13.6 Å². The molecule has 0 amide bonds. The van der Waals surface area contributed by atoms with E-state index >= 15 is 0 Å². The average Bonchev–Trinajstić information content (AvgIpc) is 2.37. The SMILES string of the molecule is CCc1c(O)n(CCc2cc(F)cc(F)c2)c(=O)[nH]c1=O. The molecule has 0 bridgehead atoms. The van der Waals surface area contributed by atoms with Crippen molar-refractivity contribution in [3.8, 4) is 5.88 Å². The first-order valence-corrected chi connectivity index (χ1v) is 6.42. The lowest BCUT2D eigenvalue weighted by Crippen LogP contribution is -2.32. The minimum atomic E-state index is -0.758. The van der Waals surface area contributed by atoms with E-state index in [-0.39, 0.29) is 24.9 Å². The molecular weight excluding hydrogens is 282 g/mol. The highest BCUT2D eigenvalue weighted by Crippen LogP contribution is 2.13. The summed E-state index contributed by atoms with van der Waals surface area (Å²) in [7, 11) is 0. The normalized spacial score (nSPS) is 10.8. The van der Waals surface area contributed by atoms with E-state index in [9.17, 15) is 23.5 Å². The summed E-state index contributed by atoms with van der Waals surface area (Å²) in [6.45, 7) is 1.67. The maximum atomic E-state index is 13.1. The summed E-state index contributed by atoms with van der Waals surface area (Å²) in [6.07, 6.45) is 0.396.